The Labute approximate surface area is 161 Å². The first kappa shape index (κ1) is 18.9. The molecule has 1 atom stereocenters. The number of carbonyl (C=O) groups excluding carboxylic acids is 1. The van der Waals surface area contributed by atoms with Crippen LogP contribution in [0.25, 0.3) is 0 Å². The number of hydrogen-bond donors (Lipinski definition) is 1. The van der Waals surface area contributed by atoms with Gasteiger partial charge in [-0.1, -0.05) is 32.5 Å². The van der Waals surface area contributed by atoms with Crippen molar-refractivity contribution in [1.29, 1.82) is 5.26 Å². The Kier molecular flexibility index (Phi) is 5.39. The van der Waals surface area contributed by atoms with Gasteiger partial charge >= 0.3 is 0 Å². The zero-order chi connectivity index (χ0) is 18.9. The summed E-state index contributed by atoms with van der Waals surface area (Å²) in [6.45, 7) is 8.50. The number of carbonyl (C=O) groups is 1. The number of nitrogens with zero attached hydrogens (tertiary/aromatic N) is 3. The minimum absolute atomic E-state index is 0.166. The number of rotatable bonds is 4. The summed E-state index contributed by atoms with van der Waals surface area (Å²) in [5.74, 6) is 1.06. The smallest absolute Gasteiger partial charge is 0.277 e. The van der Waals surface area contributed by atoms with Gasteiger partial charge in [0.2, 0.25) is 11.8 Å². The van der Waals surface area contributed by atoms with Crippen LogP contribution < -0.4 is 5.32 Å². The number of anilines is 1. The third-order valence-electron chi connectivity index (χ3n) is 4.69. The molecule has 1 aliphatic rings. The summed E-state index contributed by atoms with van der Waals surface area (Å²) in [5.41, 5.74) is 1.99. The fraction of sp³-hybridized carbons (Fsp3) is 0.556. The van der Waals surface area contributed by atoms with Gasteiger partial charge in [0, 0.05) is 11.8 Å². The quantitative estimate of drug-likeness (QED) is 0.787. The molecule has 2 heterocycles. The summed E-state index contributed by atoms with van der Waals surface area (Å²) in [6, 6.07) is 2.29. The molecule has 0 fully saturated rings. The Morgan fingerprint density at radius 2 is 2.23 bits per heavy atom. The number of aryl methyl sites for hydroxylation is 1. The van der Waals surface area contributed by atoms with Crippen molar-refractivity contribution in [2.24, 2.45) is 11.3 Å². The molecule has 0 spiro atoms. The summed E-state index contributed by atoms with van der Waals surface area (Å²) in [5, 5.41) is 21.1. The lowest BCUT2D eigenvalue weighted by Gasteiger charge is -2.33. The van der Waals surface area contributed by atoms with Crippen molar-refractivity contribution < 1.29 is 9.21 Å². The van der Waals surface area contributed by atoms with Gasteiger partial charge < -0.3 is 9.73 Å². The molecule has 1 N–H and O–H groups in total. The standard InChI is InChI=1S/C18H22N4O2S2/c1-10-21-22-17(24-10)25-9-15(23)20-16-13(8-19)12-6-5-11(18(2,3)4)7-14(12)26-16/h11H,5-7,9H2,1-4H3,(H,20,23). The van der Waals surface area contributed by atoms with Crippen LogP contribution in [0.15, 0.2) is 9.64 Å². The molecule has 1 unspecified atom stereocenters. The molecule has 138 valence electrons. The van der Waals surface area contributed by atoms with E-state index in [1.54, 1.807) is 18.3 Å². The van der Waals surface area contributed by atoms with Crippen LogP contribution in [0.2, 0.25) is 0 Å². The Morgan fingerprint density at radius 3 is 2.85 bits per heavy atom. The second kappa shape index (κ2) is 7.41. The summed E-state index contributed by atoms with van der Waals surface area (Å²) >= 11 is 2.74. The molecule has 3 rings (SSSR count). The van der Waals surface area contributed by atoms with Crippen LogP contribution in [0.3, 0.4) is 0 Å². The van der Waals surface area contributed by atoms with Crippen molar-refractivity contribution in [3.63, 3.8) is 0 Å². The van der Waals surface area contributed by atoms with Crippen molar-refractivity contribution in [2.45, 2.75) is 52.2 Å². The van der Waals surface area contributed by atoms with E-state index in [2.05, 4.69) is 42.4 Å². The highest BCUT2D eigenvalue weighted by Crippen LogP contribution is 2.44. The molecule has 2 aromatic rings. The van der Waals surface area contributed by atoms with E-state index in [9.17, 15) is 10.1 Å². The topological polar surface area (TPSA) is 91.8 Å². The number of thiophene rings is 1. The Balaban J connectivity index is 1.70. The molecular weight excluding hydrogens is 368 g/mol. The highest BCUT2D eigenvalue weighted by atomic mass is 32.2. The Morgan fingerprint density at radius 1 is 1.46 bits per heavy atom. The average molecular weight is 391 g/mol. The second-order valence-electron chi connectivity index (χ2n) is 7.55. The lowest BCUT2D eigenvalue weighted by molar-refractivity contribution is -0.113. The largest absolute Gasteiger partial charge is 0.416 e. The SMILES string of the molecule is Cc1nnc(SCC(=O)Nc2sc3c(c2C#N)CCC(C(C)(C)C)C3)o1. The number of nitriles is 1. The number of nitrogens with one attached hydrogen (secondary N) is 1. The minimum Gasteiger partial charge on any atom is -0.416 e. The number of thioether (sulfide) groups is 1. The molecule has 1 aliphatic carbocycles. The van der Waals surface area contributed by atoms with Crippen molar-refractivity contribution in [3.05, 3.63) is 21.9 Å². The Bertz CT molecular complexity index is 858. The third-order valence-corrected chi connectivity index (χ3v) is 6.68. The van der Waals surface area contributed by atoms with Gasteiger partial charge in [-0.2, -0.15) is 5.26 Å². The van der Waals surface area contributed by atoms with Gasteiger partial charge in [-0.3, -0.25) is 4.79 Å². The number of hydrogen-bond acceptors (Lipinski definition) is 7. The van der Waals surface area contributed by atoms with Gasteiger partial charge in [-0.05, 0) is 36.2 Å². The van der Waals surface area contributed by atoms with Crippen LogP contribution in [-0.4, -0.2) is 21.9 Å². The van der Waals surface area contributed by atoms with E-state index in [0.717, 1.165) is 24.8 Å². The maximum absolute atomic E-state index is 12.3. The van der Waals surface area contributed by atoms with Gasteiger partial charge in [0.25, 0.3) is 5.22 Å². The van der Waals surface area contributed by atoms with Crippen LogP contribution in [0.1, 0.15) is 49.1 Å². The van der Waals surface area contributed by atoms with E-state index >= 15 is 0 Å². The molecular formula is C18H22N4O2S2. The molecule has 0 saturated heterocycles. The van der Waals surface area contributed by atoms with Gasteiger partial charge in [-0.25, -0.2) is 0 Å². The van der Waals surface area contributed by atoms with Crippen LogP contribution in [0, 0.1) is 29.6 Å². The predicted octanol–water partition coefficient (Wildman–Crippen LogP) is 4.19. The van der Waals surface area contributed by atoms with Crippen molar-refractivity contribution in [3.8, 4) is 6.07 Å². The fourth-order valence-corrected chi connectivity index (χ4v) is 5.06. The second-order valence-corrected chi connectivity index (χ2v) is 9.58. The van der Waals surface area contributed by atoms with E-state index in [4.69, 9.17) is 4.42 Å². The summed E-state index contributed by atoms with van der Waals surface area (Å²) in [6.07, 6.45) is 2.97. The van der Waals surface area contributed by atoms with Crippen LogP contribution in [0.4, 0.5) is 5.00 Å². The fourth-order valence-electron chi connectivity index (χ4n) is 3.16. The molecule has 0 saturated carbocycles. The average Bonchev–Trinajstić information content (AvgIpc) is 3.14. The Hall–Kier alpha value is -1.85. The normalized spacial score (nSPS) is 16.8. The number of fused-ring (bicyclic) bond motifs is 1. The molecule has 0 aliphatic heterocycles. The van der Waals surface area contributed by atoms with Crippen LogP contribution in [-0.2, 0) is 17.6 Å². The highest BCUT2D eigenvalue weighted by Gasteiger charge is 2.32. The van der Waals surface area contributed by atoms with Crippen molar-refractivity contribution in [2.75, 3.05) is 11.1 Å². The van der Waals surface area contributed by atoms with E-state index < -0.39 is 0 Å². The van der Waals surface area contributed by atoms with Gasteiger partial charge in [0.15, 0.2) is 0 Å². The third kappa shape index (κ3) is 4.10. The maximum atomic E-state index is 12.3. The molecule has 2 aromatic heterocycles. The van der Waals surface area contributed by atoms with E-state index in [-0.39, 0.29) is 17.1 Å². The highest BCUT2D eigenvalue weighted by molar-refractivity contribution is 7.99. The number of aromatic nitrogens is 2. The first-order valence-corrected chi connectivity index (χ1v) is 10.4. The maximum Gasteiger partial charge on any atom is 0.277 e. The summed E-state index contributed by atoms with van der Waals surface area (Å²) in [4.78, 5) is 13.5. The summed E-state index contributed by atoms with van der Waals surface area (Å²) < 4.78 is 5.25. The first-order valence-electron chi connectivity index (χ1n) is 8.55. The minimum atomic E-state index is -0.173. The van der Waals surface area contributed by atoms with Gasteiger partial charge in [0.05, 0.1) is 11.3 Å². The number of amides is 1. The molecule has 8 heteroatoms. The molecule has 0 aromatic carbocycles. The predicted molar refractivity (Wildman–Crippen MR) is 102 cm³/mol. The van der Waals surface area contributed by atoms with Crippen LogP contribution in [0.5, 0.6) is 0 Å². The van der Waals surface area contributed by atoms with E-state index in [1.165, 1.54) is 16.6 Å². The van der Waals surface area contributed by atoms with E-state index in [0.29, 0.717) is 27.6 Å². The molecule has 0 radical (unpaired) electrons. The molecule has 1 amide bonds. The lowest BCUT2D eigenvalue weighted by Crippen LogP contribution is -2.26. The lowest BCUT2D eigenvalue weighted by atomic mass is 9.72. The monoisotopic (exact) mass is 390 g/mol. The summed E-state index contributed by atoms with van der Waals surface area (Å²) in [7, 11) is 0. The van der Waals surface area contributed by atoms with Crippen LogP contribution >= 0.6 is 23.1 Å². The van der Waals surface area contributed by atoms with E-state index in [1.807, 2.05) is 0 Å². The molecule has 26 heavy (non-hydrogen) atoms. The molecule has 0 bridgehead atoms. The first-order chi connectivity index (χ1) is 12.3. The molecule has 6 nitrogen and oxygen atoms in total. The zero-order valence-corrected chi connectivity index (χ0v) is 17.0. The van der Waals surface area contributed by atoms with Gasteiger partial charge in [-0.15, -0.1) is 21.5 Å². The van der Waals surface area contributed by atoms with Gasteiger partial charge in [0.1, 0.15) is 11.1 Å². The zero-order valence-electron chi connectivity index (χ0n) is 15.4. The van der Waals surface area contributed by atoms with Crippen molar-refractivity contribution >= 4 is 34.0 Å². The van der Waals surface area contributed by atoms with Crippen molar-refractivity contribution in [1.82, 2.24) is 10.2 Å².